The van der Waals surface area contributed by atoms with Crippen LogP contribution in [0.25, 0.3) is 0 Å². The van der Waals surface area contributed by atoms with Crippen molar-refractivity contribution in [3.63, 3.8) is 0 Å². The SMILES string of the molecule is CCCC1OC(CC(C)c2ccccc2)OC(O)C1CC. The van der Waals surface area contributed by atoms with Crippen molar-refractivity contribution in [2.45, 2.75) is 71.1 Å². The molecule has 5 unspecified atom stereocenters. The van der Waals surface area contributed by atoms with Gasteiger partial charge in [-0.1, -0.05) is 57.5 Å². The second kappa shape index (κ2) is 7.92. The van der Waals surface area contributed by atoms with Crippen molar-refractivity contribution in [2.75, 3.05) is 0 Å². The molecule has 3 nitrogen and oxygen atoms in total. The number of aliphatic hydroxyl groups excluding tert-OH is 1. The molecule has 0 radical (unpaired) electrons. The number of aliphatic hydroxyl groups is 1. The van der Waals surface area contributed by atoms with Crippen LogP contribution in [-0.4, -0.2) is 23.8 Å². The van der Waals surface area contributed by atoms with E-state index in [0.29, 0.717) is 5.92 Å². The van der Waals surface area contributed by atoms with Gasteiger partial charge in [-0.05, 0) is 24.3 Å². The van der Waals surface area contributed by atoms with Gasteiger partial charge in [0, 0.05) is 12.3 Å². The van der Waals surface area contributed by atoms with Gasteiger partial charge in [-0.15, -0.1) is 0 Å². The van der Waals surface area contributed by atoms with E-state index in [0.717, 1.165) is 25.7 Å². The largest absolute Gasteiger partial charge is 0.368 e. The maximum Gasteiger partial charge on any atom is 0.162 e. The van der Waals surface area contributed by atoms with E-state index >= 15 is 0 Å². The standard InChI is InChI=1S/C18H28O3/c1-4-9-16-15(5-2)18(19)21-17(20-16)12-13(3)14-10-7-6-8-11-14/h6-8,10-11,13,15-19H,4-5,9,12H2,1-3H3. The molecule has 1 aliphatic rings. The van der Waals surface area contributed by atoms with Crippen molar-refractivity contribution in [3.8, 4) is 0 Å². The van der Waals surface area contributed by atoms with Crippen LogP contribution >= 0.6 is 0 Å². The smallest absolute Gasteiger partial charge is 0.162 e. The van der Waals surface area contributed by atoms with Gasteiger partial charge in [0.1, 0.15) is 0 Å². The third kappa shape index (κ3) is 4.29. The van der Waals surface area contributed by atoms with Crippen molar-refractivity contribution < 1.29 is 14.6 Å². The molecule has 1 aliphatic heterocycles. The van der Waals surface area contributed by atoms with E-state index in [1.54, 1.807) is 0 Å². The van der Waals surface area contributed by atoms with Crippen molar-refractivity contribution in [2.24, 2.45) is 5.92 Å². The number of hydrogen-bond acceptors (Lipinski definition) is 3. The van der Waals surface area contributed by atoms with Gasteiger partial charge in [0.25, 0.3) is 0 Å². The van der Waals surface area contributed by atoms with Gasteiger partial charge >= 0.3 is 0 Å². The van der Waals surface area contributed by atoms with E-state index in [4.69, 9.17) is 9.47 Å². The van der Waals surface area contributed by atoms with E-state index in [9.17, 15) is 5.11 Å². The molecule has 1 aromatic carbocycles. The first-order valence-corrected chi connectivity index (χ1v) is 8.19. The highest BCUT2D eigenvalue weighted by Crippen LogP contribution is 2.33. The summed E-state index contributed by atoms with van der Waals surface area (Å²) in [5, 5.41) is 10.2. The minimum Gasteiger partial charge on any atom is -0.368 e. The van der Waals surface area contributed by atoms with Crippen LogP contribution in [0.5, 0.6) is 0 Å². The molecule has 5 atom stereocenters. The number of benzene rings is 1. The van der Waals surface area contributed by atoms with Gasteiger partial charge < -0.3 is 14.6 Å². The van der Waals surface area contributed by atoms with Crippen molar-refractivity contribution in [1.29, 1.82) is 0 Å². The average molecular weight is 292 g/mol. The minimum absolute atomic E-state index is 0.0910. The first-order chi connectivity index (χ1) is 10.2. The third-order valence-electron chi connectivity index (χ3n) is 4.42. The number of rotatable bonds is 6. The Morgan fingerprint density at radius 1 is 1.14 bits per heavy atom. The maximum absolute atomic E-state index is 10.2. The Kier molecular flexibility index (Phi) is 6.22. The fourth-order valence-electron chi connectivity index (χ4n) is 3.12. The molecule has 1 N–H and O–H groups in total. The molecule has 0 spiro atoms. The molecule has 0 amide bonds. The lowest BCUT2D eigenvalue weighted by Gasteiger charge is -2.40. The van der Waals surface area contributed by atoms with E-state index in [1.165, 1.54) is 5.56 Å². The lowest BCUT2D eigenvalue weighted by Crippen LogP contribution is -2.46. The lowest BCUT2D eigenvalue weighted by atomic mass is 9.92. The van der Waals surface area contributed by atoms with Crippen molar-refractivity contribution in [1.82, 2.24) is 0 Å². The lowest BCUT2D eigenvalue weighted by molar-refractivity contribution is -0.324. The maximum atomic E-state index is 10.2. The monoisotopic (exact) mass is 292 g/mol. The first-order valence-electron chi connectivity index (χ1n) is 8.19. The van der Waals surface area contributed by atoms with E-state index in [2.05, 4.69) is 45.0 Å². The van der Waals surface area contributed by atoms with Gasteiger partial charge in [0.2, 0.25) is 0 Å². The Labute approximate surface area is 128 Å². The molecule has 0 aromatic heterocycles. The molecule has 0 bridgehead atoms. The van der Waals surface area contributed by atoms with Crippen LogP contribution in [-0.2, 0) is 9.47 Å². The van der Waals surface area contributed by atoms with Crippen LogP contribution < -0.4 is 0 Å². The Hall–Kier alpha value is -0.900. The molecule has 1 saturated heterocycles. The topological polar surface area (TPSA) is 38.7 Å². The van der Waals surface area contributed by atoms with Crippen LogP contribution in [0.1, 0.15) is 57.9 Å². The van der Waals surface area contributed by atoms with Crippen LogP contribution in [0.15, 0.2) is 30.3 Å². The second-order valence-corrected chi connectivity index (χ2v) is 6.04. The summed E-state index contributed by atoms with van der Waals surface area (Å²) in [7, 11) is 0. The third-order valence-corrected chi connectivity index (χ3v) is 4.42. The highest BCUT2D eigenvalue weighted by molar-refractivity contribution is 5.18. The van der Waals surface area contributed by atoms with Gasteiger partial charge in [-0.2, -0.15) is 0 Å². The normalized spacial score (nSPS) is 31.0. The molecule has 2 rings (SSSR count). The molecule has 21 heavy (non-hydrogen) atoms. The van der Waals surface area contributed by atoms with Crippen LogP contribution in [0, 0.1) is 5.92 Å². The van der Waals surface area contributed by atoms with Crippen LogP contribution in [0.3, 0.4) is 0 Å². The number of ether oxygens (including phenoxy) is 2. The molecular weight excluding hydrogens is 264 g/mol. The van der Waals surface area contributed by atoms with Crippen molar-refractivity contribution in [3.05, 3.63) is 35.9 Å². The molecule has 1 aromatic rings. The van der Waals surface area contributed by atoms with Crippen molar-refractivity contribution >= 4 is 0 Å². The molecular formula is C18H28O3. The average Bonchev–Trinajstić information content (AvgIpc) is 2.48. The highest BCUT2D eigenvalue weighted by Gasteiger charge is 2.37. The summed E-state index contributed by atoms with van der Waals surface area (Å²) < 4.78 is 11.8. The van der Waals surface area contributed by atoms with Gasteiger partial charge in [-0.25, -0.2) is 0 Å². The van der Waals surface area contributed by atoms with E-state index in [1.807, 2.05) is 6.07 Å². The summed E-state index contributed by atoms with van der Waals surface area (Å²) in [4.78, 5) is 0. The fraction of sp³-hybridized carbons (Fsp3) is 0.667. The summed E-state index contributed by atoms with van der Waals surface area (Å²) >= 11 is 0. The molecule has 0 aliphatic carbocycles. The molecule has 0 saturated carbocycles. The summed E-state index contributed by atoms with van der Waals surface area (Å²) in [6, 6.07) is 10.4. The molecule has 118 valence electrons. The Morgan fingerprint density at radius 3 is 2.48 bits per heavy atom. The summed E-state index contributed by atoms with van der Waals surface area (Å²) in [5.41, 5.74) is 1.28. The van der Waals surface area contributed by atoms with Gasteiger partial charge in [-0.3, -0.25) is 0 Å². The Morgan fingerprint density at radius 2 is 1.86 bits per heavy atom. The summed E-state index contributed by atoms with van der Waals surface area (Å²) in [6.07, 6.45) is 2.80. The quantitative estimate of drug-likeness (QED) is 0.859. The second-order valence-electron chi connectivity index (χ2n) is 6.04. The fourth-order valence-corrected chi connectivity index (χ4v) is 3.12. The van der Waals surface area contributed by atoms with Crippen LogP contribution in [0.2, 0.25) is 0 Å². The molecule has 1 fully saturated rings. The summed E-state index contributed by atoms with van der Waals surface area (Å²) in [5.74, 6) is 0.442. The zero-order valence-corrected chi connectivity index (χ0v) is 13.4. The highest BCUT2D eigenvalue weighted by atomic mass is 16.7. The zero-order valence-electron chi connectivity index (χ0n) is 13.4. The Bertz CT molecular complexity index is 406. The molecule has 1 heterocycles. The van der Waals surface area contributed by atoms with E-state index in [-0.39, 0.29) is 18.3 Å². The predicted octanol–water partition coefficient (Wildman–Crippen LogP) is 4.07. The predicted molar refractivity (Wildman–Crippen MR) is 83.9 cm³/mol. The van der Waals surface area contributed by atoms with Gasteiger partial charge in [0.05, 0.1) is 6.10 Å². The molecule has 3 heteroatoms. The van der Waals surface area contributed by atoms with E-state index < -0.39 is 6.29 Å². The van der Waals surface area contributed by atoms with Gasteiger partial charge in [0.15, 0.2) is 12.6 Å². The Balaban J connectivity index is 1.97. The van der Waals surface area contributed by atoms with Crippen LogP contribution in [0.4, 0.5) is 0 Å². The first kappa shape index (κ1) is 16.5. The summed E-state index contributed by atoms with van der Waals surface area (Å²) in [6.45, 7) is 6.41. The number of hydrogen-bond donors (Lipinski definition) is 1. The minimum atomic E-state index is -0.701. The zero-order chi connectivity index (χ0) is 15.2.